The van der Waals surface area contributed by atoms with Crippen LogP contribution in [-0.4, -0.2) is 21.9 Å². The molecule has 0 aliphatic carbocycles. The van der Waals surface area contributed by atoms with Gasteiger partial charge in [0, 0.05) is 16.9 Å². The summed E-state index contributed by atoms with van der Waals surface area (Å²) >= 11 is 0. The van der Waals surface area contributed by atoms with E-state index in [-0.39, 0.29) is 11.5 Å². The van der Waals surface area contributed by atoms with Crippen LogP contribution in [0.15, 0.2) is 60.7 Å². The Bertz CT molecular complexity index is 958. The van der Waals surface area contributed by atoms with E-state index in [0.29, 0.717) is 22.8 Å². The molecule has 2 N–H and O–H groups in total. The fourth-order valence-electron chi connectivity index (χ4n) is 2.25. The first-order valence-electron chi connectivity index (χ1n) is 7.80. The van der Waals surface area contributed by atoms with E-state index in [9.17, 15) is 14.0 Å². The highest BCUT2D eigenvalue weighted by molar-refractivity contribution is 6.02. The van der Waals surface area contributed by atoms with Crippen molar-refractivity contribution in [3.05, 3.63) is 77.7 Å². The summed E-state index contributed by atoms with van der Waals surface area (Å²) in [5, 5.41) is 13.4. The number of carbonyl (C=O) groups excluding carboxylic acids is 2. The van der Waals surface area contributed by atoms with Gasteiger partial charge in [-0.3, -0.25) is 9.59 Å². The smallest absolute Gasteiger partial charge is 0.276 e. The van der Waals surface area contributed by atoms with Crippen LogP contribution in [0.1, 0.15) is 27.8 Å². The molecular weight excluding hydrogens is 335 g/mol. The molecule has 0 spiro atoms. The summed E-state index contributed by atoms with van der Waals surface area (Å²) in [6.45, 7) is 1.49. The lowest BCUT2D eigenvalue weighted by atomic mass is 10.1. The van der Waals surface area contributed by atoms with Gasteiger partial charge in [-0.05, 0) is 49.4 Å². The number of nitrogens with one attached hydrogen (secondary N) is 2. The first-order valence-corrected chi connectivity index (χ1v) is 7.80. The summed E-state index contributed by atoms with van der Waals surface area (Å²) in [4.78, 5) is 23.5. The summed E-state index contributed by atoms with van der Waals surface area (Å²) in [5.74, 6) is -0.549. The van der Waals surface area contributed by atoms with Crippen molar-refractivity contribution < 1.29 is 14.0 Å². The van der Waals surface area contributed by atoms with Crippen LogP contribution >= 0.6 is 0 Å². The van der Waals surface area contributed by atoms with Gasteiger partial charge in [0.1, 0.15) is 5.82 Å². The number of aromatic nitrogens is 2. The molecule has 1 aromatic heterocycles. The molecule has 6 nitrogen and oxygen atoms in total. The Morgan fingerprint density at radius 2 is 1.69 bits per heavy atom. The summed E-state index contributed by atoms with van der Waals surface area (Å²) in [6, 6.07) is 15.6. The van der Waals surface area contributed by atoms with Crippen LogP contribution in [0.5, 0.6) is 0 Å². The molecule has 0 saturated carbocycles. The Morgan fingerprint density at radius 1 is 0.923 bits per heavy atom. The van der Waals surface area contributed by atoms with E-state index in [2.05, 4.69) is 20.8 Å². The normalized spacial score (nSPS) is 10.2. The van der Waals surface area contributed by atoms with Gasteiger partial charge in [0.05, 0.1) is 0 Å². The predicted octanol–water partition coefficient (Wildman–Crippen LogP) is 3.81. The maximum atomic E-state index is 13.1. The number of nitrogens with zero attached hydrogens (tertiary/aromatic N) is 2. The number of Topliss-reactive ketones (excluding diaryl/α,β-unsaturated/α-hetero) is 1. The molecule has 26 heavy (non-hydrogen) atoms. The molecule has 0 aliphatic heterocycles. The van der Waals surface area contributed by atoms with E-state index in [1.165, 1.54) is 31.2 Å². The van der Waals surface area contributed by atoms with E-state index in [1.807, 2.05) is 0 Å². The Morgan fingerprint density at radius 3 is 2.38 bits per heavy atom. The largest absolute Gasteiger partial charge is 0.339 e. The molecular formula is C19H15FN4O2. The van der Waals surface area contributed by atoms with Crippen molar-refractivity contribution in [3.63, 3.8) is 0 Å². The zero-order valence-electron chi connectivity index (χ0n) is 13.9. The number of amides is 1. The van der Waals surface area contributed by atoms with Gasteiger partial charge in [-0.15, -0.1) is 10.2 Å². The van der Waals surface area contributed by atoms with Crippen LogP contribution in [-0.2, 0) is 0 Å². The van der Waals surface area contributed by atoms with Gasteiger partial charge in [0.15, 0.2) is 17.3 Å². The summed E-state index contributed by atoms with van der Waals surface area (Å²) in [5.41, 5.74) is 1.69. The summed E-state index contributed by atoms with van der Waals surface area (Å²) in [7, 11) is 0. The molecule has 0 aliphatic rings. The Kier molecular flexibility index (Phi) is 4.98. The number of halogens is 1. The van der Waals surface area contributed by atoms with Gasteiger partial charge in [-0.2, -0.15) is 0 Å². The molecule has 3 rings (SSSR count). The molecule has 0 radical (unpaired) electrons. The lowest BCUT2D eigenvalue weighted by molar-refractivity contribution is 0.101. The monoisotopic (exact) mass is 350 g/mol. The quantitative estimate of drug-likeness (QED) is 0.684. The van der Waals surface area contributed by atoms with Crippen molar-refractivity contribution in [2.24, 2.45) is 0 Å². The number of benzene rings is 2. The molecule has 1 heterocycles. The Labute approximate surface area is 149 Å². The molecule has 2 aromatic carbocycles. The lowest BCUT2D eigenvalue weighted by Gasteiger charge is -2.07. The van der Waals surface area contributed by atoms with Crippen molar-refractivity contribution in [2.45, 2.75) is 6.92 Å². The maximum Gasteiger partial charge on any atom is 0.276 e. The first-order chi connectivity index (χ1) is 12.5. The SMILES string of the molecule is CC(=O)c1cccc(Nc2ccc(C(=O)Nc3cccc(F)c3)nn2)c1. The number of anilines is 3. The molecule has 0 bridgehead atoms. The second-order valence-corrected chi connectivity index (χ2v) is 5.53. The number of rotatable bonds is 5. The molecule has 0 atom stereocenters. The maximum absolute atomic E-state index is 13.1. The highest BCUT2D eigenvalue weighted by atomic mass is 19.1. The standard InChI is InChI=1S/C19H15FN4O2/c1-12(25)13-4-2-6-15(10-13)21-18-9-8-17(23-24-18)19(26)22-16-7-3-5-14(20)11-16/h2-11H,1H3,(H,21,24)(H,22,26). The molecule has 130 valence electrons. The van der Waals surface area contributed by atoms with Crippen LogP contribution in [0, 0.1) is 5.82 Å². The van der Waals surface area contributed by atoms with Crippen molar-refractivity contribution >= 4 is 28.9 Å². The van der Waals surface area contributed by atoms with Crippen LogP contribution in [0.2, 0.25) is 0 Å². The average Bonchev–Trinajstić information content (AvgIpc) is 2.62. The highest BCUT2D eigenvalue weighted by Crippen LogP contribution is 2.16. The minimum atomic E-state index is -0.492. The van der Waals surface area contributed by atoms with Gasteiger partial charge >= 0.3 is 0 Å². The van der Waals surface area contributed by atoms with Gasteiger partial charge < -0.3 is 10.6 Å². The lowest BCUT2D eigenvalue weighted by Crippen LogP contribution is -2.14. The summed E-state index contributed by atoms with van der Waals surface area (Å²) < 4.78 is 13.1. The number of hydrogen-bond acceptors (Lipinski definition) is 5. The van der Waals surface area contributed by atoms with Crippen molar-refractivity contribution in [3.8, 4) is 0 Å². The molecule has 3 aromatic rings. The first kappa shape index (κ1) is 17.2. The average molecular weight is 350 g/mol. The van der Waals surface area contributed by atoms with Crippen LogP contribution in [0.4, 0.5) is 21.6 Å². The minimum Gasteiger partial charge on any atom is -0.339 e. The Hall–Kier alpha value is -3.61. The van der Waals surface area contributed by atoms with Gasteiger partial charge in [-0.1, -0.05) is 18.2 Å². The third kappa shape index (κ3) is 4.27. The van der Waals surface area contributed by atoms with E-state index < -0.39 is 11.7 Å². The van der Waals surface area contributed by atoms with Crippen molar-refractivity contribution in [1.82, 2.24) is 10.2 Å². The zero-order valence-corrected chi connectivity index (χ0v) is 13.9. The molecule has 0 fully saturated rings. The van der Waals surface area contributed by atoms with E-state index >= 15 is 0 Å². The van der Waals surface area contributed by atoms with E-state index in [0.717, 1.165) is 0 Å². The predicted molar refractivity (Wildman–Crippen MR) is 96.1 cm³/mol. The highest BCUT2D eigenvalue weighted by Gasteiger charge is 2.09. The second-order valence-electron chi connectivity index (χ2n) is 5.53. The molecule has 0 unspecified atom stereocenters. The summed E-state index contributed by atoms with van der Waals surface area (Å²) in [6.07, 6.45) is 0. The zero-order chi connectivity index (χ0) is 18.5. The third-order valence-electron chi connectivity index (χ3n) is 3.52. The van der Waals surface area contributed by atoms with Crippen LogP contribution in [0.3, 0.4) is 0 Å². The molecule has 1 amide bonds. The van der Waals surface area contributed by atoms with Gasteiger partial charge in [0.2, 0.25) is 0 Å². The molecule has 7 heteroatoms. The van der Waals surface area contributed by atoms with Crippen molar-refractivity contribution in [1.29, 1.82) is 0 Å². The van der Waals surface area contributed by atoms with Crippen LogP contribution in [0.25, 0.3) is 0 Å². The Balaban J connectivity index is 1.69. The van der Waals surface area contributed by atoms with Crippen molar-refractivity contribution in [2.75, 3.05) is 10.6 Å². The third-order valence-corrected chi connectivity index (χ3v) is 3.52. The topological polar surface area (TPSA) is 84.0 Å². The van der Waals surface area contributed by atoms with Gasteiger partial charge in [0.25, 0.3) is 5.91 Å². The number of hydrogen-bond donors (Lipinski definition) is 2. The minimum absolute atomic E-state index is 0.0379. The number of ketones is 1. The number of carbonyl (C=O) groups is 2. The van der Waals surface area contributed by atoms with Gasteiger partial charge in [-0.25, -0.2) is 4.39 Å². The fraction of sp³-hybridized carbons (Fsp3) is 0.0526. The fourth-order valence-corrected chi connectivity index (χ4v) is 2.25. The van der Waals surface area contributed by atoms with E-state index in [4.69, 9.17) is 0 Å². The van der Waals surface area contributed by atoms with Crippen LogP contribution < -0.4 is 10.6 Å². The van der Waals surface area contributed by atoms with E-state index in [1.54, 1.807) is 36.4 Å². The second kappa shape index (κ2) is 7.52. The molecule has 0 saturated heterocycles.